The summed E-state index contributed by atoms with van der Waals surface area (Å²) in [6.45, 7) is 4.06. The molecular formula is C13H18N2O. The van der Waals surface area contributed by atoms with Crippen molar-refractivity contribution < 1.29 is 4.74 Å². The molecule has 1 rings (SSSR count). The number of hydrogen-bond acceptors (Lipinski definition) is 3. The molecule has 3 heteroatoms. The van der Waals surface area contributed by atoms with E-state index < -0.39 is 0 Å². The number of likely N-dealkylation sites (N-methyl/N-ethyl adjacent to an activating group) is 1. The monoisotopic (exact) mass is 218 g/mol. The van der Waals surface area contributed by atoms with Crippen LogP contribution in [0.2, 0.25) is 0 Å². The Morgan fingerprint density at radius 2 is 2.00 bits per heavy atom. The lowest BCUT2D eigenvalue weighted by molar-refractivity contribution is 0.340. The van der Waals surface area contributed by atoms with Gasteiger partial charge < -0.3 is 4.74 Å². The van der Waals surface area contributed by atoms with Crippen molar-refractivity contribution in [1.29, 1.82) is 5.26 Å². The summed E-state index contributed by atoms with van der Waals surface area (Å²) in [5.41, 5.74) is 1.27. The minimum atomic E-state index is 0.483. The van der Waals surface area contributed by atoms with Gasteiger partial charge in [-0.25, -0.2) is 0 Å². The molecule has 0 saturated heterocycles. The molecule has 1 aromatic rings. The lowest BCUT2D eigenvalue weighted by Crippen LogP contribution is -2.21. The van der Waals surface area contributed by atoms with E-state index in [1.165, 1.54) is 5.56 Å². The topological polar surface area (TPSA) is 36.3 Å². The molecule has 0 saturated carbocycles. The third-order valence-electron chi connectivity index (χ3n) is 2.36. The molecule has 0 aromatic heterocycles. The molecule has 0 heterocycles. The van der Waals surface area contributed by atoms with Crippen molar-refractivity contribution in [2.24, 2.45) is 0 Å². The molecule has 0 unspecified atom stereocenters. The molecule has 0 bridgehead atoms. The Morgan fingerprint density at radius 3 is 2.56 bits per heavy atom. The zero-order chi connectivity index (χ0) is 11.8. The van der Waals surface area contributed by atoms with E-state index >= 15 is 0 Å². The SMILES string of the molecule is CCOc1ccc(CCN(C)CC#N)cc1. The van der Waals surface area contributed by atoms with Crippen LogP contribution >= 0.6 is 0 Å². The number of benzene rings is 1. The molecular weight excluding hydrogens is 200 g/mol. The first kappa shape index (κ1) is 12.5. The van der Waals surface area contributed by atoms with Crippen molar-refractivity contribution in [3.05, 3.63) is 29.8 Å². The largest absolute Gasteiger partial charge is 0.494 e. The van der Waals surface area contributed by atoms with E-state index in [4.69, 9.17) is 10.00 Å². The molecule has 16 heavy (non-hydrogen) atoms. The van der Waals surface area contributed by atoms with Gasteiger partial charge in [0.05, 0.1) is 19.2 Å². The number of nitrogens with zero attached hydrogens (tertiary/aromatic N) is 2. The first-order chi connectivity index (χ1) is 7.76. The molecule has 0 N–H and O–H groups in total. The highest BCUT2D eigenvalue weighted by molar-refractivity contribution is 5.27. The molecule has 1 aromatic carbocycles. The molecule has 0 amide bonds. The number of rotatable bonds is 6. The van der Waals surface area contributed by atoms with Gasteiger partial charge in [0.25, 0.3) is 0 Å². The van der Waals surface area contributed by atoms with Crippen molar-refractivity contribution >= 4 is 0 Å². The zero-order valence-corrected chi connectivity index (χ0v) is 9.94. The van der Waals surface area contributed by atoms with Crippen molar-refractivity contribution in [3.63, 3.8) is 0 Å². The molecule has 0 spiro atoms. The first-order valence-electron chi connectivity index (χ1n) is 5.53. The maximum absolute atomic E-state index is 8.52. The lowest BCUT2D eigenvalue weighted by Gasteiger charge is -2.12. The second kappa shape index (κ2) is 6.86. The van der Waals surface area contributed by atoms with Gasteiger partial charge in [-0.2, -0.15) is 5.26 Å². The molecule has 0 fully saturated rings. The Balaban J connectivity index is 2.40. The Bertz CT molecular complexity index is 340. The summed E-state index contributed by atoms with van der Waals surface area (Å²) < 4.78 is 5.37. The average molecular weight is 218 g/mol. The maximum Gasteiger partial charge on any atom is 0.119 e. The van der Waals surface area contributed by atoms with Gasteiger partial charge in [0, 0.05) is 6.54 Å². The van der Waals surface area contributed by atoms with E-state index in [-0.39, 0.29) is 0 Å². The van der Waals surface area contributed by atoms with Crippen LogP contribution in [0, 0.1) is 11.3 Å². The van der Waals surface area contributed by atoms with Crippen LogP contribution in [0.3, 0.4) is 0 Å². The van der Waals surface area contributed by atoms with Crippen LogP contribution in [0.15, 0.2) is 24.3 Å². The predicted octanol–water partition coefficient (Wildman–Crippen LogP) is 2.08. The van der Waals surface area contributed by atoms with E-state index in [0.29, 0.717) is 13.2 Å². The van der Waals surface area contributed by atoms with E-state index in [1.807, 2.05) is 31.0 Å². The van der Waals surface area contributed by atoms with Crippen LogP contribution < -0.4 is 4.74 Å². The lowest BCUT2D eigenvalue weighted by atomic mass is 10.1. The Morgan fingerprint density at radius 1 is 1.31 bits per heavy atom. The smallest absolute Gasteiger partial charge is 0.119 e. The number of ether oxygens (including phenoxy) is 1. The van der Waals surface area contributed by atoms with Gasteiger partial charge in [0.2, 0.25) is 0 Å². The molecule has 86 valence electrons. The normalized spacial score (nSPS) is 10.1. The van der Waals surface area contributed by atoms with Crippen molar-refractivity contribution in [2.45, 2.75) is 13.3 Å². The Hall–Kier alpha value is -1.53. The fourth-order valence-electron chi connectivity index (χ4n) is 1.44. The third-order valence-corrected chi connectivity index (χ3v) is 2.36. The predicted molar refractivity (Wildman–Crippen MR) is 64.4 cm³/mol. The summed E-state index contributed by atoms with van der Waals surface area (Å²) in [4.78, 5) is 2.01. The van der Waals surface area contributed by atoms with Gasteiger partial charge in [-0.1, -0.05) is 12.1 Å². The van der Waals surface area contributed by atoms with Crippen molar-refractivity contribution in [3.8, 4) is 11.8 Å². The molecule has 0 atom stereocenters. The fraction of sp³-hybridized carbons (Fsp3) is 0.462. The molecule has 0 aliphatic heterocycles. The van der Waals surface area contributed by atoms with E-state index in [1.54, 1.807) is 0 Å². The fourth-order valence-corrected chi connectivity index (χ4v) is 1.44. The Kier molecular flexibility index (Phi) is 5.38. The summed E-state index contributed by atoms with van der Waals surface area (Å²) in [5.74, 6) is 0.914. The van der Waals surface area contributed by atoms with Gasteiger partial charge in [-0.15, -0.1) is 0 Å². The van der Waals surface area contributed by atoms with Crippen molar-refractivity contribution in [2.75, 3.05) is 26.7 Å². The standard InChI is InChI=1S/C13H18N2O/c1-3-16-13-6-4-12(5-7-13)8-10-15(2)11-9-14/h4-7H,3,8,10-11H2,1-2H3. The van der Waals surface area contributed by atoms with Gasteiger partial charge in [0.1, 0.15) is 5.75 Å². The zero-order valence-electron chi connectivity index (χ0n) is 9.94. The van der Waals surface area contributed by atoms with Crippen LogP contribution in [0.25, 0.3) is 0 Å². The maximum atomic E-state index is 8.52. The van der Waals surface area contributed by atoms with Crippen LogP contribution in [0.4, 0.5) is 0 Å². The van der Waals surface area contributed by atoms with Gasteiger partial charge in [-0.3, -0.25) is 4.90 Å². The van der Waals surface area contributed by atoms with Crippen LogP contribution in [-0.2, 0) is 6.42 Å². The van der Waals surface area contributed by atoms with Crippen LogP contribution in [0.5, 0.6) is 5.75 Å². The van der Waals surface area contributed by atoms with Gasteiger partial charge >= 0.3 is 0 Å². The Labute approximate surface area is 97.3 Å². The highest BCUT2D eigenvalue weighted by atomic mass is 16.5. The van der Waals surface area contributed by atoms with E-state index in [0.717, 1.165) is 18.7 Å². The highest BCUT2D eigenvalue weighted by Crippen LogP contribution is 2.12. The first-order valence-corrected chi connectivity index (χ1v) is 5.53. The third kappa shape index (κ3) is 4.33. The van der Waals surface area contributed by atoms with Gasteiger partial charge in [-0.05, 0) is 38.1 Å². The summed E-state index contributed by atoms with van der Waals surface area (Å²) in [6.07, 6.45) is 0.963. The van der Waals surface area contributed by atoms with Crippen molar-refractivity contribution in [1.82, 2.24) is 4.90 Å². The van der Waals surface area contributed by atoms with E-state index in [2.05, 4.69) is 18.2 Å². The van der Waals surface area contributed by atoms with Crippen LogP contribution in [0.1, 0.15) is 12.5 Å². The molecule has 0 aliphatic rings. The van der Waals surface area contributed by atoms with Crippen LogP contribution in [-0.4, -0.2) is 31.6 Å². The number of nitriles is 1. The van der Waals surface area contributed by atoms with Gasteiger partial charge in [0.15, 0.2) is 0 Å². The quantitative estimate of drug-likeness (QED) is 0.686. The highest BCUT2D eigenvalue weighted by Gasteiger charge is 1.99. The molecule has 3 nitrogen and oxygen atoms in total. The molecule has 0 aliphatic carbocycles. The second-order valence-electron chi connectivity index (χ2n) is 3.72. The minimum absolute atomic E-state index is 0.483. The average Bonchev–Trinajstić information content (AvgIpc) is 2.29. The summed E-state index contributed by atoms with van der Waals surface area (Å²) >= 11 is 0. The summed E-state index contributed by atoms with van der Waals surface area (Å²) in [6, 6.07) is 10.3. The summed E-state index contributed by atoms with van der Waals surface area (Å²) in [5, 5.41) is 8.52. The second-order valence-corrected chi connectivity index (χ2v) is 3.72. The number of hydrogen-bond donors (Lipinski definition) is 0. The van der Waals surface area contributed by atoms with E-state index in [9.17, 15) is 0 Å². The summed E-state index contributed by atoms with van der Waals surface area (Å²) in [7, 11) is 1.96. The minimum Gasteiger partial charge on any atom is -0.494 e. The molecule has 0 radical (unpaired) electrons.